The monoisotopic (exact) mass is 359 g/mol. The smallest absolute Gasteiger partial charge is 0.226 e. The highest BCUT2D eigenvalue weighted by Gasteiger charge is 2.38. The zero-order valence-corrected chi connectivity index (χ0v) is 15.4. The van der Waals surface area contributed by atoms with Crippen LogP contribution >= 0.6 is 0 Å². The summed E-state index contributed by atoms with van der Waals surface area (Å²) in [6.45, 7) is 2.82. The molecule has 142 valence electrons. The molecule has 2 amide bonds. The summed E-state index contributed by atoms with van der Waals surface area (Å²) in [5.74, 6) is 0.665. The van der Waals surface area contributed by atoms with Gasteiger partial charge in [0.2, 0.25) is 11.8 Å². The Bertz CT molecular complexity index is 587. The Hall–Kier alpha value is -2.11. The van der Waals surface area contributed by atoms with Crippen LogP contribution in [0.3, 0.4) is 0 Å². The highest BCUT2D eigenvalue weighted by Crippen LogP contribution is 2.32. The number of aromatic nitrogens is 1. The van der Waals surface area contributed by atoms with Crippen LogP contribution < -0.4 is 10.1 Å². The van der Waals surface area contributed by atoms with E-state index in [0.29, 0.717) is 13.2 Å². The number of rotatable bonds is 7. The van der Waals surface area contributed by atoms with Crippen LogP contribution in [-0.2, 0) is 9.59 Å². The van der Waals surface area contributed by atoms with Crippen molar-refractivity contribution in [3.63, 3.8) is 0 Å². The van der Waals surface area contributed by atoms with Gasteiger partial charge in [-0.15, -0.1) is 0 Å². The number of carbonyl (C=O) groups is 2. The van der Waals surface area contributed by atoms with Crippen molar-refractivity contribution in [2.45, 2.75) is 44.9 Å². The zero-order valence-electron chi connectivity index (χ0n) is 15.4. The van der Waals surface area contributed by atoms with Gasteiger partial charge in [-0.25, -0.2) is 0 Å². The van der Waals surface area contributed by atoms with Crippen LogP contribution in [0.2, 0.25) is 0 Å². The van der Waals surface area contributed by atoms with Crippen molar-refractivity contribution in [2.75, 3.05) is 26.2 Å². The standard InChI is InChI=1S/C20H29N3O3/c24-19(22-11-6-14-26-16-7-5-10-21-15-16)17-8-1-2-9-18(17)20(25)23-12-3-4-13-23/h5,7,10,15,17-18H,1-4,6,8-9,11-14H2,(H,22,24)/t17-,18+/m0/s1. The van der Waals surface area contributed by atoms with Gasteiger partial charge in [0, 0.05) is 37.7 Å². The maximum atomic E-state index is 12.8. The van der Waals surface area contributed by atoms with E-state index >= 15 is 0 Å². The minimum Gasteiger partial charge on any atom is -0.492 e. The van der Waals surface area contributed by atoms with Gasteiger partial charge < -0.3 is 15.0 Å². The molecule has 1 aliphatic carbocycles. The predicted octanol–water partition coefficient (Wildman–Crippen LogP) is 2.40. The Morgan fingerprint density at radius 3 is 2.65 bits per heavy atom. The van der Waals surface area contributed by atoms with Gasteiger partial charge in [0.25, 0.3) is 0 Å². The summed E-state index contributed by atoms with van der Waals surface area (Å²) in [6, 6.07) is 3.69. The summed E-state index contributed by atoms with van der Waals surface area (Å²) >= 11 is 0. The molecule has 2 fully saturated rings. The van der Waals surface area contributed by atoms with Crippen molar-refractivity contribution in [2.24, 2.45) is 11.8 Å². The second kappa shape index (κ2) is 9.55. The third kappa shape index (κ3) is 4.96. The molecular weight excluding hydrogens is 330 g/mol. The maximum Gasteiger partial charge on any atom is 0.226 e. The lowest BCUT2D eigenvalue weighted by Gasteiger charge is -2.32. The van der Waals surface area contributed by atoms with Gasteiger partial charge in [0.05, 0.1) is 12.8 Å². The number of pyridine rings is 1. The van der Waals surface area contributed by atoms with Crippen LogP contribution in [0.25, 0.3) is 0 Å². The largest absolute Gasteiger partial charge is 0.492 e. The van der Waals surface area contributed by atoms with Crippen molar-refractivity contribution >= 4 is 11.8 Å². The first-order valence-corrected chi connectivity index (χ1v) is 9.85. The summed E-state index contributed by atoms with van der Waals surface area (Å²) < 4.78 is 5.59. The maximum absolute atomic E-state index is 12.8. The topological polar surface area (TPSA) is 71.5 Å². The fraction of sp³-hybridized carbons (Fsp3) is 0.650. The van der Waals surface area contributed by atoms with Gasteiger partial charge in [-0.1, -0.05) is 12.8 Å². The molecule has 1 saturated carbocycles. The molecule has 3 rings (SSSR count). The minimum absolute atomic E-state index is 0.0311. The summed E-state index contributed by atoms with van der Waals surface area (Å²) in [4.78, 5) is 31.4. The number of carbonyl (C=O) groups excluding carboxylic acids is 2. The van der Waals surface area contributed by atoms with Crippen LogP contribution in [0, 0.1) is 11.8 Å². The van der Waals surface area contributed by atoms with Gasteiger partial charge >= 0.3 is 0 Å². The van der Waals surface area contributed by atoms with E-state index < -0.39 is 0 Å². The first-order valence-electron chi connectivity index (χ1n) is 9.85. The van der Waals surface area contributed by atoms with E-state index in [4.69, 9.17) is 4.74 Å². The molecule has 0 spiro atoms. The highest BCUT2D eigenvalue weighted by atomic mass is 16.5. The van der Waals surface area contributed by atoms with E-state index in [-0.39, 0.29) is 23.7 Å². The van der Waals surface area contributed by atoms with E-state index in [1.807, 2.05) is 17.0 Å². The zero-order chi connectivity index (χ0) is 18.2. The molecular formula is C20H29N3O3. The lowest BCUT2D eigenvalue weighted by Crippen LogP contribution is -2.44. The molecule has 1 aromatic rings. The molecule has 1 aliphatic heterocycles. The molecule has 6 heteroatoms. The lowest BCUT2D eigenvalue weighted by atomic mass is 9.78. The number of likely N-dealkylation sites (tertiary alicyclic amines) is 1. The second-order valence-electron chi connectivity index (χ2n) is 7.21. The second-order valence-corrected chi connectivity index (χ2v) is 7.21. The number of nitrogens with one attached hydrogen (secondary N) is 1. The minimum atomic E-state index is -0.170. The SMILES string of the molecule is O=C(NCCCOc1cccnc1)[C@H]1CCCC[C@H]1C(=O)N1CCCC1. The molecule has 1 aromatic heterocycles. The molecule has 6 nitrogen and oxygen atoms in total. The fourth-order valence-electron chi connectivity index (χ4n) is 3.95. The molecule has 0 unspecified atom stereocenters. The lowest BCUT2D eigenvalue weighted by molar-refractivity contribution is -0.142. The van der Waals surface area contributed by atoms with Crippen LogP contribution in [-0.4, -0.2) is 47.9 Å². The normalized spacial score (nSPS) is 22.8. The number of nitrogens with zero attached hydrogens (tertiary/aromatic N) is 2. The first kappa shape index (κ1) is 18.7. The third-order valence-corrected chi connectivity index (χ3v) is 5.36. The van der Waals surface area contributed by atoms with E-state index in [1.165, 1.54) is 0 Å². The number of hydrogen-bond acceptors (Lipinski definition) is 4. The van der Waals surface area contributed by atoms with Crippen molar-refractivity contribution in [1.29, 1.82) is 0 Å². The Labute approximate surface area is 155 Å². The Kier molecular flexibility index (Phi) is 6.86. The fourth-order valence-corrected chi connectivity index (χ4v) is 3.95. The number of amides is 2. The first-order chi connectivity index (χ1) is 12.8. The van der Waals surface area contributed by atoms with Crippen LogP contribution in [0.4, 0.5) is 0 Å². The number of hydrogen-bond donors (Lipinski definition) is 1. The summed E-state index contributed by atoms with van der Waals surface area (Å²) in [5, 5.41) is 3.01. The Morgan fingerprint density at radius 1 is 1.15 bits per heavy atom. The van der Waals surface area contributed by atoms with Crippen molar-refractivity contribution in [3.05, 3.63) is 24.5 Å². The van der Waals surface area contributed by atoms with E-state index in [0.717, 1.165) is 63.8 Å². The van der Waals surface area contributed by atoms with Gasteiger partial charge in [-0.3, -0.25) is 14.6 Å². The molecule has 0 aromatic carbocycles. The molecule has 1 N–H and O–H groups in total. The highest BCUT2D eigenvalue weighted by molar-refractivity contribution is 5.88. The molecule has 0 radical (unpaired) electrons. The van der Waals surface area contributed by atoms with Gasteiger partial charge in [-0.2, -0.15) is 0 Å². The molecule has 2 aliphatic rings. The van der Waals surface area contributed by atoms with Crippen LogP contribution in [0.5, 0.6) is 5.75 Å². The van der Waals surface area contributed by atoms with E-state index in [1.54, 1.807) is 12.4 Å². The van der Waals surface area contributed by atoms with E-state index in [9.17, 15) is 9.59 Å². The molecule has 2 heterocycles. The Balaban J connectivity index is 1.42. The summed E-state index contributed by atoms with van der Waals surface area (Å²) in [6.07, 6.45) is 10.0. The summed E-state index contributed by atoms with van der Waals surface area (Å²) in [7, 11) is 0. The molecule has 0 bridgehead atoms. The van der Waals surface area contributed by atoms with E-state index in [2.05, 4.69) is 10.3 Å². The quantitative estimate of drug-likeness (QED) is 0.759. The number of ether oxygens (including phenoxy) is 1. The average Bonchev–Trinajstić information content (AvgIpc) is 3.22. The third-order valence-electron chi connectivity index (χ3n) is 5.36. The van der Waals surface area contributed by atoms with Gasteiger partial charge in [0.15, 0.2) is 0 Å². The van der Waals surface area contributed by atoms with Gasteiger partial charge in [-0.05, 0) is 44.2 Å². The summed E-state index contributed by atoms with van der Waals surface area (Å²) in [5.41, 5.74) is 0. The van der Waals surface area contributed by atoms with Crippen molar-refractivity contribution < 1.29 is 14.3 Å². The average molecular weight is 359 g/mol. The van der Waals surface area contributed by atoms with Crippen LogP contribution in [0.15, 0.2) is 24.5 Å². The van der Waals surface area contributed by atoms with Gasteiger partial charge in [0.1, 0.15) is 5.75 Å². The molecule has 1 saturated heterocycles. The predicted molar refractivity (Wildman–Crippen MR) is 98.6 cm³/mol. The van der Waals surface area contributed by atoms with Crippen LogP contribution in [0.1, 0.15) is 44.9 Å². The van der Waals surface area contributed by atoms with Crippen molar-refractivity contribution in [1.82, 2.24) is 15.2 Å². The van der Waals surface area contributed by atoms with Crippen molar-refractivity contribution in [3.8, 4) is 5.75 Å². The Morgan fingerprint density at radius 2 is 1.92 bits per heavy atom. The molecule has 26 heavy (non-hydrogen) atoms. The molecule has 2 atom stereocenters.